The molecule has 2 aliphatic heterocycles. The van der Waals surface area contributed by atoms with Gasteiger partial charge in [-0.3, -0.25) is 0 Å². The SMILES string of the molecule is Oc1ccc([C@@H]2OCC[C@@H]3CCCC[NH+]32)cc1. The predicted octanol–water partition coefficient (Wildman–Crippen LogP) is 1.25. The Balaban J connectivity index is 1.83. The Kier molecular flexibility index (Phi) is 3.04. The Labute approximate surface area is 102 Å². The number of benzene rings is 1. The van der Waals surface area contributed by atoms with Crippen molar-refractivity contribution in [3.63, 3.8) is 0 Å². The first-order valence-corrected chi connectivity index (χ1v) is 6.61. The van der Waals surface area contributed by atoms with Gasteiger partial charge in [0.25, 0.3) is 0 Å². The second kappa shape index (κ2) is 4.67. The lowest BCUT2D eigenvalue weighted by Gasteiger charge is -2.41. The van der Waals surface area contributed by atoms with Crippen LogP contribution in [0.15, 0.2) is 24.3 Å². The summed E-state index contributed by atoms with van der Waals surface area (Å²) < 4.78 is 5.95. The summed E-state index contributed by atoms with van der Waals surface area (Å²) in [6.07, 6.45) is 5.40. The Morgan fingerprint density at radius 1 is 1.12 bits per heavy atom. The summed E-state index contributed by atoms with van der Waals surface area (Å²) in [7, 11) is 0. The van der Waals surface area contributed by atoms with E-state index in [1.165, 1.54) is 37.8 Å². The molecular formula is C14H20NO2+. The van der Waals surface area contributed by atoms with Gasteiger partial charge in [0, 0.05) is 12.0 Å². The lowest BCUT2D eigenvalue weighted by Crippen LogP contribution is -3.18. The normalized spacial score (nSPS) is 33.1. The topological polar surface area (TPSA) is 33.9 Å². The van der Waals surface area contributed by atoms with Crippen LogP contribution in [-0.2, 0) is 4.74 Å². The van der Waals surface area contributed by atoms with Gasteiger partial charge in [-0.25, -0.2) is 0 Å². The highest BCUT2D eigenvalue weighted by Gasteiger charge is 2.37. The third-order valence-electron chi connectivity index (χ3n) is 4.08. The van der Waals surface area contributed by atoms with Crippen LogP contribution in [-0.4, -0.2) is 24.3 Å². The Bertz CT molecular complexity index is 374. The first-order valence-electron chi connectivity index (χ1n) is 6.61. The lowest BCUT2D eigenvalue weighted by atomic mass is 9.96. The summed E-state index contributed by atoms with van der Waals surface area (Å²) >= 11 is 0. The van der Waals surface area contributed by atoms with Gasteiger partial charge in [-0.1, -0.05) is 0 Å². The number of nitrogens with one attached hydrogen (secondary N) is 1. The molecule has 1 unspecified atom stereocenters. The fourth-order valence-electron chi connectivity index (χ4n) is 3.18. The molecule has 1 aromatic carbocycles. The molecule has 2 fully saturated rings. The lowest BCUT2D eigenvalue weighted by molar-refractivity contribution is -0.991. The van der Waals surface area contributed by atoms with Crippen molar-refractivity contribution in [3.8, 4) is 5.75 Å². The van der Waals surface area contributed by atoms with E-state index in [0.29, 0.717) is 5.75 Å². The highest BCUT2D eigenvalue weighted by molar-refractivity contribution is 5.26. The van der Waals surface area contributed by atoms with Crippen molar-refractivity contribution in [1.82, 2.24) is 0 Å². The molecule has 0 aliphatic carbocycles. The largest absolute Gasteiger partial charge is 0.508 e. The fourth-order valence-corrected chi connectivity index (χ4v) is 3.18. The molecule has 0 amide bonds. The maximum atomic E-state index is 9.34. The van der Waals surface area contributed by atoms with Gasteiger partial charge in [-0.05, 0) is 43.5 Å². The van der Waals surface area contributed by atoms with Gasteiger partial charge in [0.1, 0.15) is 5.75 Å². The number of phenolic OH excluding ortho intramolecular Hbond substituents is 1. The van der Waals surface area contributed by atoms with Crippen LogP contribution in [0.25, 0.3) is 0 Å². The van der Waals surface area contributed by atoms with E-state index < -0.39 is 0 Å². The molecule has 0 spiro atoms. The smallest absolute Gasteiger partial charge is 0.218 e. The highest BCUT2D eigenvalue weighted by Crippen LogP contribution is 2.21. The van der Waals surface area contributed by atoms with Crippen molar-refractivity contribution < 1.29 is 14.7 Å². The van der Waals surface area contributed by atoms with Gasteiger partial charge in [0.2, 0.25) is 6.23 Å². The average Bonchev–Trinajstić information content (AvgIpc) is 2.39. The fraction of sp³-hybridized carbons (Fsp3) is 0.571. The van der Waals surface area contributed by atoms with Crippen LogP contribution in [0.4, 0.5) is 0 Å². The molecule has 0 bridgehead atoms. The zero-order valence-electron chi connectivity index (χ0n) is 10.1. The third kappa shape index (κ3) is 2.17. The van der Waals surface area contributed by atoms with Crippen LogP contribution < -0.4 is 4.90 Å². The molecule has 2 heterocycles. The van der Waals surface area contributed by atoms with Crippen molar-refractivity contribution in [2.45, 2.75) is 38.0 Å². The maximum Gasteiger partial charge on any atom is 0.218 e. The van der Waals surface area contributed by atoms with Gasteiger partial charge >= 0.3 is 0 Å². The molecule has 17 heavy (non-hydrogen) atoms. The molecular weight excluding hydrogens is 214 g/mol. The van der Waals surface area contributed by atoms with Crippen LogP contribution in [0.3, 0.4) is 0 Å². The quantitative estimate of drug-likeness (QED) is 0.767. The van der Waals surface area contributed by atoms with Crippen LogP contribution in [0, 0.1) is 0 Å². The second-order valence-corrected chi connectivity index (χ2v) is 5.15. The van der Waals surface area contributed by atoms with E-state index >= 15 is 0 Å². The van der Waals surface area contributed by atoms with Crippen molar-refractivity contribution >= 4 is 0 Å². The average molecular weight is 234 g/mol. The highest BCUT2D eigenvalue weighted by atomic mass is 16.5. The van der Waals surface area contributed by atoms with Crippen LogP contribution in [0.2, 0.25) is 0 Å². The third-order valence-corrected chi connectivity index (χ3v) is 4.08. The van der Waals surface area contributed by atoms with Crippen LogP contribution in [0.1, 0.15) is 37.5 Å². The van der Waals surface area contributed by atoms with Crippen LogP contribution >= 0.6 is 0 Å². The molecule has 1 aromatic rings. The maximum absolute atomic E-state index is 9.34. The molecule has 3 atom stereocenters. The number of hydrogen-bond acceptors (Lipinski definition) is 2. The number of quaternary nitrogens is 1. The Morgan fingerprint density at radius 3 is 2.76 bits per heavy atom. The molecule has 0 saturated carbocycles. The van der Waals surface area contributed by atoms with E-state index in [1.54, 1.807) is 17.0 Å². The summed E-state index contributed by atoms with van der Waals surface area (Å²) in [4.78, 5) is 1.59. The van der Waals surface area contributed by atoms with E-state index in [4.69, 9.17) is 4.74 Å². The van der Waals surface area contributed by atoms with E-state index in [1.807, 2.05) is 12.1 Å². The number of piperidine rings is 1. The van der Waals surface area contributed by atoms with Crippen molar-refractivity contribution in [1.29, 1.82) is 0 Å². The molecule has 2 aliphatic rings. The van der Waals surface area contributed by atoms with Gasteiger partial charge in [-0.2, -0.15) is 0 Å². The van der Waals surface area contributed by atoms with Gasteiger partial charge < -0.3 is 14.7 Å². The van der Waals surface area contributed by atoms with Gasteiger partial charge in [-0.15, -0.1) is 0 Å². The minimum atomic E-state index is 0.176. The summed E-state index contributed by atoms with van der Waals surface area (Å²) in [5, 5.41) is 9.34. The molecule has 3 heteroatoms. The molecule has 2 saturated heterocycles. The van der Waals surface area contributed by atoms with E-state index in [-0.39, 0.29) is 6.23 Å². The summed E-state index contributed by atoms with van der Waals surface area (Å²) in [6.45, 7) is 2.09. The predicted molar refractivity (Wildman–Crippen MR) is 64.9 cm³/mol. The molecule has 3 rings (SSSR count). The van der Waals surface area contributed by atoms with E-state index in [2.05, 4.69) is 0 Å². The number of fused-ring (bicyclic) bond motifs is 1. The summed E-state index contributed by atoms with van der Waals surface area (Å²) in [5.41, 5.74) is 1.20. The number of rotatable bonds is 1. The first-order chi connectivity index (χ1) is 8.34. The molecule has 0 aromatic heterocycles. The second-order valence-electron chi connectivity index (χ2n) is 5.15. The van der Waals surface area contributed by atoms with Gasteiger partial charge in [0.15, 0.2) is 0 Å². The minimum Gasteiger partial charge on any atom is -0.508 e. The zero-order chi connectivity index (χ0) is 11.7. The molecule has 2 N–H and O–H groups in total. The Hall–Kier alpha value is -1.06. The van der Waals surface area contributed by atoms with E-state index in [9.17, 15) is 5.11 Å². The summed E-state index contributed by atoms with van der Waals surface area (Å²) in [6, 6.07) is 8.27. The van der Waals surface area contributed by atoms with Crippen LogP contribution in [0.5, 0.6) is 5.75 Å². The number of hydrogen-bond donors (Lipinski definition) is 2. The van der Waals surface area contributed by atoms with Crippen molar-refractivity contribution in [3.05, 3.63) is 29.8 Å². The molecule has 0 radical (unpaired) electrons. The summed E-state index contributed by atoms with van der Waals surface area (Å²) in [5.74, 6) is 0.328. The monoisotopic (exact) mass is 234 g/mol. The van der Waals surface area contributed by atoms with Crippen molar-refractivity contribution in [2.75, 3.05) is 13.2 Å². The van der Waals surface area contributed by atoms with E-state index in [0.717, 1.165) is 12.6 Å². The Morgan fingerprint density at radius 2 is 1.94 bits per heavy atom. The number of phenols is 1. The standard InChI is InChI=1S/C14H19NO2/c16-13-6-4-11(5-7-13)14-15-9-2-1-3-12(15)8-10-17-14/h4-7,12,14,16H,1-3,8-10H2/p+1/t12-,14-/m0/s1. The molecule has 92 valence electrons. The van der Waals surface area contributed by atoms with Crippen molar-refractivity contribution in [2.24, 2.45) is 0 Å². The minimum absolute atomic E-state index is 0.176. The molecule has 3 nitrogen and oxygen atoms in total. The number of aromatic hydroxyl groups is 1. The first kappa shape index (κ1) is 11.1. The van der Waals surface area contributed by atoms with Gasteiger partial charge in [0.05, 0.1) is 19.2 Å². The zero-order valence-corrected chi connectivity index (χ0v) is 10.1. The number of ether oxygens (including phenoxy) is 1.